The molecule has 0 unspecified atom stereocenters. The summed E-state index contributed by atoms with van der Waals surface area (Å²) in [7, 11) is 0. The van der Waals surface area contributed by atoms with Crippen molar-refractivity contribution in [3.63, 3.8) is 0 Å². The van der Waals surface area contributed by atoms with E-state index in [4.69, 9.17) is 4.74 Å². The van der Waals surface area contributed by atoms with Crippen molar-refractivity contribution in [1.29, 1.82) is 0 Å². The number of carbonyl (C=O) groups is 4. The van der Waals surface area contributed by atoms with Crippen LogP contribution in [0.2, 0.25) is 0 Å². The van der Waals surface area contributed by atoms with Crippen molar-refractivity contribution in [1.82, 2.24) is 0 Å². The second-order valence-electron chi connectivity index (χ2n) is 5.98. The lowest BCUT2D eigenvalue weighted by Crippen LogP contribution is -2.38. The lowest BCUT2D eigenvalue weighted by Gasteiger charge is -2.18. The van der Waals surface area contributed by atoms with Gasteiger partial charge in [-0.1, -0.05) is 12.1 Å². The van der Waals surface area contributed by atoms with E-state index < -0.39 is 47.9 Å². The molecule has 144 valence electrons. The maximum absolute atomic E-state index is 13.6. The van der Waals surface area contributed by atoms with Crippen molar-refractivity contribution in [2.45, 2.75) is 13.0 Å². The smallest absolute Gasteiger partial charge is 0.326 e. The van der Waals surface area contributed by atoms with Gasteiger partial charge in [0.15, 0.2) is 6.10 Å². The minimum Gasteiger partial charge on any atom is -0.451 e. The summed E-state index contributed by atoms with van der Waals surface area (Å²) in [5.74, 6) is -5.17. The Bertz CT molecular complexity index is 992. The lowest BCUT2D eigenvalue weighted by molar-refractivity contribution is -0.152. The molecule has 0 bridgehead atoms. The Hall–Kier alpha value is -3.62. The third-order valence-electron chi connectivity index (χ3n) is 4.03. The molecule has 3 rings (SSSR count). The molecule has 28 heavy (non-hydrogen) atoms. The van der Waals surface area contributed by atoms with Gasteiger partial charge in [0.2, 0.25) is 0 Å². The molecular formula is C19H14F2N2O5. The van der Waals surface area contributed by atoms with E-state index in [1.807, 2.05) is 0 Å². The number of fused-ring (bicyclic) bond motifs is 1. The van der Waals surface area contributed by atoms with Crippen LogP contribution in [0.5, 0.6) is 0 Å². The van der Waals surface area contributed by atoms with Gasteiger partial charge in [-0.2, -0.15) is 0 Å². The number of hydrogen-bond donors (Lipinski definition) is 1. The van der Waals surface area contributed by atoms with Gasteiger partial charge in [-0.15, -0.1) is 0 Å². The molecule has 0 aliphatic carbocycles. The molecule has 0 radical (unpaired) electrons. The van der Waals surface area contributed by atoms with Crippen LogP contribution in [0.25, 0.3) is 0 Å². The Morgan fingerprint density at radius 2 is 1.86 bits per heavy atom. The molecular weight excluding hydrogens is 374 g/mol. The zero-order valence-electron chi connectivity index (χ0n) is 14.6. The van der Waals surface area contributed by atoms with Gasteiger partial charge in [0.05, 0.1) is 16.9 Å². The van der Waals surface area contributed by atoms with Crippen LogP contribution in [0.15, 0.2) is 42.5 Å². The molecule has 1 N–H and O–H groups in total. The Kier molecular flexibility index (Phi) is 5.16. The van der Waals surface area contributed by atoms with E-state index in [0.717, 1.165) is 17.0 Å². The fraction of sp³-hybridized carbons (Fsp3) is 0.158. The number of Topliss-reactive ketones (excluding diaryl/α,β-unsaturated/α-hetero) is 1. The first-order chi connectivity index (χ1) is 13.3. The number of benzene rings is 2. The molecule has 1 aliphatic rings. The van der Waals surface area contributed by atoms with Crippen LogP contribution in [-0.4, -0.2) is 36.2 Å². The van der Waals surface area contributed by atoms with Gasteiger partial charge in [-0.25, -0.2) is 8.78 Å². The SMILES string of the molecule is C[C@@H](OC(=O)CN1C(=O)C(=O)c2ccccc21)C(=O)Nc1ccc(F)cc1F. The Morgan fingerprint density at radius 3 is 2.57 bits per heavy atom. The minimum absolute atomic E-state index is 0.179. The number of nitrogens with zero attached hydrogens (tertiary/aromatic N) is 1. The maximum Gasteiger partial charge on any atom is 0.326 e. The number of ketones is 1. The number of nitrogens with one attached hydrogen (secondary N) is 1. The minimum atomic E-state index is -1.32. The van der Waals surface area contributed by atoms with Crippen molar-refractivity contribution in [3.8, 4) is 0 Å². The number of amides is 2. The molecule has 0 spiro atoms. The summed E-state index contributed by atoms with van der Waals surface area (Å²) in [6, 6.07) is 8.77. The van der Waals surface area contributed by atoms with E-state index in [1.54, 1.807) is 12.1 Å². The second-order valence-corrected chi connectivity index (χ2v) is 5.98. The van der Waals surface area contributed by atoms with Crippen molar-refractivity contribution in [3.05, 3.63) is 59.7 Å². The third kappa shape index (κ3) is 3.73. The molecule has 1 heterocycles. The summed E-state index contributed by atoms with van der Waals surface area (Å²) in [6.07, 6.45) is -1.32. The zero-order valence-corrected chi connectivity index (χ0v) is 14.6. The van der Waals surface area contributed by atoms with Gasteiger partial charge < -0.3 is 10.1 Å². The molecule has 0 saturated carbocycles. The number of esters is 1. The lowest BCUT2D eigenvalue weighted by atomic mass is 10.1. The quantitative estimate of drug-likeness (QED) is 0.625. The van der Waals surface area contributed by atoms with E-state index >= 15 is 0 Å². The van der Waals surface area contributed by atoms with Crippen LogP contribution in [0.3, 0.4) is 0 Å². The van der Waals surface area contributed by atoms with E-state index in [1.165, 1.54) is 19.1 Å². The van der Waals surface area contributed by atoms with Crippen LogP contribution in [0.4, 0.5) is 20.2 Å². The first-order valence-corrected chi connectivity index (χ1v) is 8.18. The van der Waals surface area contributed by atoms with Crippen LogP contribution < -0.4 is 10.2 Å². The first kappa shape index (κ1) is 19.2. The Morgan fingerprint density at radius 1 is 1.14 bits per heavy atom. The zero-order chi connectivity index (χ0) is 20.4. The summed E-state index contributed by atoms with van der Waals surface area (Å²) >= 11 is 0. The average molecular weight is 388 g/mol. The summed E-state index contributed by atoms with van der Waals surface area (Å²) in [6.45, 7) is 0.684. The molecule has 2 aromatic rings. The molecule has 0 fully saturated rings. The van der Waals surface area contributed by atoms with Gasteiger partial charge in [-0.3, -0.25) is 24.1 Å². The summed E-state index contributed by atoms with van der Waals surface area (Å²) in [4.78, 5) is 49.1. The molecule has 2 aromatic carbocycles. The van der Waals surface area contributed by atoms with Gasteiger partial charge in [0.25, 0.3) is 17.6 Å². The van der Waals surface area contributed by atoms with Crippen LogP contribution in [0, 0.1) is 11.6 Å². The van der Waals surface area contributed by atoms with Crippen molar-refractivity contribution in [2.24, 2.45) is 0 Å². The van der Waals surface area contributed by atoms with Gasteiger partial charge in [0, 0.05) is 6.07 Å². The second kappa shape index (κ2) is 7.55. The number of anilines is 2. The van der Waals surface area contributed by atoms with E-state index in [0.29, 0.717) is 6.07 Å². The molecule has 1 atom stereocenters. The van der Waals surface area contributed by atoms with E-state index in [9.17, 15) is 28.0 Å². The molecule has 9 heteroatoms. The monoisotopic (exact) mass is 388 g/mol. The predicted octanol–water partition coefficient (Wildman–Crippen LogP) is 2.06. The molecule has 0 aromatic heterocycles. The summed E-state index contributed by atoms with van der Waals surface area (Å²) in [5.41, 5.74) is 0.182. The van der Waals surface area contributed by atoms with E-state index in [-0.39, 0.29) is 16.9 Å². The number of carbonyl (C=O) groups excluding carboxylic acids is 4. The first-order valence-electron chi connectivity index (χ1n) is 8.18. The van der Waals surface area contributed by atoms with E-state index in [2.05, 4.69) is 5.32 Å². The number of halogens is 2. The molecule has 0 saturated heterocycles. The van der Waals surface area contributed by atoms with Crippen LogP contribution >= 0.6 is 0 Å². The Labute approximate surface area is 157 Å². The van der Waals surface area contributed by atoms with Crippen molar-refractivity contribution >= 4 is 34.9 Å². The number of ether oxygens (including phenoxy) is 1. The van der Waals surface area contributed by atoms with Crippen molar-refractivity contribution < 1.29 is 32.7 Å². The number of para-hydroxylation sites is 1. The highest BCUT2D eigenvalue weighted by Crippen LogP contribution is 2.28. The van der Waals surface area contributed by atoms with Crippen molar-refractivity contribution in [2.75, 3.05) is 16.8 Å². The standard InChI is InChI=1S/C19H14F2N2O5/c1-10(18(26)22-14-7-6-11(20)8-13(14)21)28-16(24)9-23-15-5-3-2-4-12(15)17(25)19(23)27/h2-8,10H,9H2,1H3,(H,22,26)/t10-/m1/s1. The average Bonchev–Trinajstić information content (AvgIpc) is 2.89. The normalized spacial score (nSPS) is 13.9. The summed E-state index contributed by atoms with van der Waals surface area (Å²) in [5, 5.41) is 2.18. The van der Waals surface area contributed by atoms with Crippen LogP contribution in [0.1, 0.15) is 17.3 Å². The maximum atomic E-state index is 13.6. The predicted molar refractivity (Wildman–Crippen MR) is 93.7 cm³/mol. The molecule has 1 aliphatic heterocycles. The topological polar surface area (TPSA) is 92.8 Å². The number of hydrogen-bond acceptors (Lipinski definition) is 5. The Balaban J connectivity index is 1.62. The fourth-order valence-corrected chi connectivity index (χ4v) is 2.65. The fourth-order valence-electron chi connectivity index (χ4n) is 2.65. The highest BCUT2D eigenvalue weighted by molar-refractivity contribution is 6.52. The summed E-state index contributed by atoms with van der Waals surface area (Å²) < 4.78 is 31.4. The highest BCUT2D eigenvalue weighted by atomic mass is 19.1. The number of rotatable bonds is 5. The molecule has 7 nitrogen and oxygen atoms in total. The highest BCUT2D eigenvalue weighted by Gasteiger charge is 2.37. The molecule has 2 amide bonds. The van der Waals surface area contributed by atoms with Crippen LogP contribution in [-0.2, 0) is 19.1 Å². The van der Waals surface area contributed by atoms with Gasteiger partial charge in [-0.05, 0) is 31.2 Å². The third-order valence-corrected chi connectivity index (χ3v) is 4.03. The largest absolute Gasteiger partial charge is 0.451 e. The van der Waals surface area contributed by atoms with Gasteiger partial charge in [0.1, 0.15) is 18.2 Å². The van der Waals surface area contributed by atoms with Gasteiger partial charge >= 0.3 is 5.97 Å².